The number of anilines is 1. The van der Waals surface area contributed by atoms with Crippen LogP contribution in [-0.4, -0.2) is 44.5 Å². The molecule has 0 amide bonds. The number of nitrogens with zero attached hydrogens (tertiary/aromatic N) is 2. The number of aliphatic hydroxyl groups is 1. The molecule has 0 bridgehead atoms. The maximum atomic E-state index is 13.8. The van der Waals surface area contributed by atoms with Gasteiger partial charge >= 0.3 is 0 Å². The molecule has 1 aliphatic heterocycles. The molecule has 0 aromatic heterocycles. The Labute approximate surface area is 100.0 Å². The largest absolute Gasteiger partial charge is 0.491 e. The van der Waals surface area contributed by atoms with E-state index in [1.807, 2.05) is 4.90 Å². The van der Waals surface area contributed by atoms with Crippen molar-refractivity contribution in [2.24, 2.45) is 0 Å². The van der Waals surface area contributed by atoms with Gasteiger partial charge in [-0.15, -0.1) is 0 Å². The third-order valence-corrected chi connectivity index (χ3v) is 2.68. The molecule has 93 valence electrons. The van der Waals surface area contributed by atoms with Crippen LogP contribution in [0.5, 0.6) is 5.75 Å². The Kier molecular flexibility index (Phi) is 4.17. The van der Waals surface area contributed by atoms with Crippen molar-refractivity contribution in [2.45, 2.75) is 0 Å². The molecule has 0 aliphatic carbocycles. The zero-order valence-corrected chi connectivity index (χ0v) is 9.60. The zero-order chi connectivity index (χ0) is 12.1. The number of ether oxygens (including phenoxy) is 1. The number of aliphatic hydroxyl groups excluding tert-OH is 1. The molecule has 0 saturated carbocycles. The van der Waals surface area contributed by atoms with Gasteiger partial charge in [0.1, 0.15) is 18.2 Å². The molecule has 1 aliphatic rings. The van der Waals surface area contributed by atoms with Crippen LogP contribution in [0.2, 0.25) is 0 Å². The van der Waals surface area contributed by atoms with Gasteiger partial charge in [0.05, 0.1) is 12.3 Å². The molecule has 0 spiro atoms. The first-order valence-corrected chi connectivity index (χ1v) is 5.72. The molecule has 1 fully saturated rings. The second-order valence-electron chi connectivity index (χ2n) is 3.84. The fourth-order valence-corrected chi connectivity index (χ4v) is 1.84. The zero-order valence-electron chi connectivity index (χ0n) is 9.60. The van der Waals surface area contributed by atoms with Gasteiger partial charge in [0.15, 0.2) is 0 Å². The number of hydrogen-bond donors (Lipinski definition) is 1. The van der Waals surface area contributed by atoms with Gasteiger partial charge in [-0.1, -0.05) is 0 Å². The molecular weight excluding hydrogens is 223 g/mol. The van der Waals surface area contributed by atoms with Crippen molar-refractivity contribution in [3.05, 3.63) is 24.0 Å². The Morgan fingerprint density at radius 3 is 2.76 bits per heavy atom. The van der Waals surface area contributed by atoms with Crippen LogP contribution in [0.25, 0.3) is 0 Å². The third kappa shape index (κ3) is 3.08. The Morgan fingerprint density at radius 2 is 2.12 bits per heavy atom. The van der Waals surface area contributed by atoms with Crippen molar-refractivity contribution in [3.8, 4) is 5.75 Å². The fourth-order valence-electron chi connectivity index (χ4n) is 1.84. The lowest BCUT2D eigenvalue weighted by Gasteiger charge is -2.28. The summed E-state index contributed by atoms with van der Waals surface area (Å²) in [5, 5.41) is 12.8. The predicted molar refractivity (Wildman–Crippen MR) is 63.1 cm³/mol. The molecule has 0 unspecified atom stereocenters. The smallest absolute Gasteiger partial charge is 0.150 e. The van der Waals surface area contributed by atoms with Crippen molar-refractivity contribution in [1.82, 2.24) is 5.32 Å². The normalized spacial score (nSPS) is 16.0. The van der Waals surface area contributed by atoms with Crippen LogP contribution < -0.4 is 15.0 Å². The lowest BCUT2D eigenvalue weighted by atomic mass is 10.2. The second-order valence-corrected chi connectivity index (χ2v) is 3.84. The van der Waals surface area contributed by atoms with E-state index in [2.05, 4.69) is 5.32 Å². The summed E-state index contributed by atoms with van der Waals surface area (Å²) >= 11 is 0. The highest BCUT2D eigenvalue weighted by Crippen LogP contribution is 2.24. The Hall–Kier alpha value is -1.33. The van der Waals surface area contributed by atoms with Gasteiger partial charge in [-0.25, -0.2) is 9.71 Å². The molecule has 1 heterocycles. The summed E-state index contributed by atoms with van der Waals surface area (Å²) < 4.78 is 19.0. The average molecular weight is 239 g/mol. The van der Waals surface area contributed by atoms with E-state index in [0.29, 0.717) is 11.4 Å². The maximum Gasteiger partial charge on any atom is 0.150 e. The Balaban J connectivity index is 2.07. The Morgan fingerprint density at radius 1 is 1.35 bits per heavy atom. The molecule has 0 atom stereocenters. The number of benzene rings is 1. The molecule has 4 nitrogen and oxygen atoms in total. The van der Waals surface area contributed by atoms with E-state index in [4.69, 9.17) is 9.84 Å². The number of rotatable bonds is 4. The predicted octanol–water partition coefficient (Wildman–Crippen LogP) is 0.621. The summed E-state index contributed by atoms with van der Waals surface area (Å²) in [4.78, 5) is 1.98. The van der Waals surface area contributed by atoms with Crippen molar-refractivity contribution >= 4 is 5.69 Å². The minimum atomic E-state index is -0.290. The topological polar surface area (TPSA) is 46.8 Å². The van der Waals surface area contributed by atoms with E-state index in [1.165, 1.54) is 6.07 Å². The number of hydrogen-bond acceptors (Lipinski definition) is 3. The van der Waals surface area contributed by atoms with Crippen LogP contribution in [0.1, 0.15) is 0 Å². The first kappa shape index (κ1) is 12.1. The number of piperazine rings is 1. The minimum Gasteiger partial charge on any atom is -0.491 e. The molecule has 1 radical (unpaired) electrons. The van der Waals surface area contributed by atoms with E-state index in [-0.39, 0.29) is 19.0 Å². The van der Waals surface area contributed by atoms with Crippen LogP contribution in [0, 0.1) is 5.82 Å². The summed E-state index contributed by atoms with van der Waals surface area (Å²) in [7, 11) is 0. The van der Waals surface area contributed by atoms with E-state index in [1.54, 1.807) is 12.1 Å². The monoisotopic (exact) mass is 239 g/mol. The van der Waals surface area contributed by atoms with Crippen molar-refractivity contribution in [1.29, 1.82) is 0 Å². The van der Waals surface area contributed by atoms with Crippen molar-refractivity contribution in [2.75, 3.05) is 44.3 Å². The quantitative estimate of drug-likeness (QED) is 0.838. The highest BCUT2D eigenvalue weighted by atomic mass is 19.1. The molecule has 2 rings (SSSR count). The third-order valence-electron chi connectivity index (χ3n) is 2.68. The molecular formula is C12H16FN2O2. The van der Waals surface area contributed by atoms with E-state index >= 15 is 0 Å². The fraction of sp³-hybridized carbons (Fsp3) is 0.500. The van der Waals surface area contributed by atoms with Crippen molar-refractivity contribution in [3.63, 3.8) is 0 Å². The summed E-state index contributed by atoms with van der Waals surface area (Å²) in [6.45, 7) is 3.13. The molecule has 1 aromatic carbocycles. The standard InChI is InChI=1S/C12H16FN2O2/c13-11-9-10(17-8-7-16)1-2-12(11)15-5-3-14-4-6-15/h1-2,9,16H,3-8H2. The lowest BCUT2D eigenvalue weighted by Crippen LogP contribution is -2.40. The first-order chi connectivity index (χ1) is 8.31. The Bertz CT molecular complexity index is 368. The first-order valence-electron chi connectivity index (χ1n) is 5.72. The molecule has 5 heteroatoms. The molecule has 1 N–H and O–H groups in total. The van der Waals surface area contributed by atoms with Crippen LogP contribution in [0.3, 0.4) is 0 Å². The van der Waals surface area contributed by atoms with Gasteiger partial charge in [-0.2, -0.15) is 0 Å². The maximum absolute atomic E-state index is 13.8. The van der Waals surface area contributed by atoms with E-state index in [0.717, 1.165) is 26.2 Å². The van der Waals surface area contributed by atoms with Crippen molar-refractivity contribution < 1.29 is 14.2 Å². The highest BCUT2D eigenvalue weighted by molar-refractivity contribution is 5.51. The van der Waals surface area contributed by atoms with Crippen LogP contribution in [0.15, 0.2) is 18.2 Å². The van der Waals surface area contributed by atoms with Crippen LogP contribution >= 0.6 is 0 Å². The van der Waals surface area contributed by atoms with Crippen LogP contribution in [0.4, 0.5) is 10.1 Å². The molecule has 1 saturated heterocycles. The van der Waals surface area contributed by atoms with Gasteiger partial charge in [-0.3, -0.25) is 0 Å². The summed E-state index contributed by atoms with van der Waals surface area (Å²) in [6.07, 6.45) is 0. The van der Waals surface area contributed by atoms with Gasteiger partial charge in [0.2, 0.25) is 0 Å². The summed E-state index contributed by atoms with van der Waals surface area (Å²) in [5.74, 6) is 0.157. The SMILES string of the molecule is OCCOc1ccc(N2CC[N]CC2)c(F)c1. The van der Waals surface area contributed by atoms with Gasteiger partial charge in [0, 0.05) is 32.2 Å². The van der Waals surface area contributed by atoms with E-state index < -0.39 is 0 Å². The number of halogens is 1. The van der Waals surface area contributed by atoms with E-state index in [9.17, 15) is 4.39 Å². The average Bonchev–Trinajstić information content (AvgIpc) is 2.37. The lowest BCUT2D eigenvalue weighted by molar-refractivity contribution is 0.201. The molecule has 1 aromatic rings. The van der Waals surface area contributed by atoms with Crippen LogP contribution in [-0.2, 0) is 0 Å². The summed E-state index contributed by atoms with van der Waals surface area (Å²) in [5.41, 5.74) is 0.594. The van der Waals surface area contributed by atoms with Gasteiger partial charge < -0.3 is 14.7 Å². The molecule has 17 heavy (non-hydrogen) atoms. The van der Waals surface area contributed by atoms with Gasteiger partial charge in [-0.05, 0) is 12.1 Å². The minimum absolute atomic E-state index is 0.0724. The summed E-state index contributed by atoms with van der Waals surface area (Å²) in [6, 6.07) is 4.80. The van der Waals surface area contributed by atoms with Gasteiger partial charge in [0.25, 0.3) is 0 Å². The highest BCUT2D eigenvalue weighted by Gasteiger charge is 2.15. The second kappa shape index (κ2) is 5.84.